The van der Waals surface area contributed by atoms with Gasteiger partial charge in [0.1, 0.15) is 0 Å². The van der Waals surface area contributed by atoms with Gasteiger partial charge < -0.3 is 31.3 Å². The summed E-state index contributed by atoms with van der Waals surface area (Å²) < 4.78 is 74.9. The molecule has 0 aromatic carbocycles. The van der Waals surface area contributed by atoms with E-state index < -0.39 is 49.5 Å². The molecule has 1 aliphatic rings. The van der Waals surface area contributed by atoms with Crippen molar-refractivity contribution in [2.24, 2.45) is 11.5 Å². The molecule has 0 bridgehead atoms. The molecule has 88 valence electrons. The molecule has 0 heterocycles. The van der Waals surface area contributed by atoms with Crippen LogP contribution in [-0.4, -0.2) is 24.0 Å². The average Bonchev–Trinajstić information content (AvgIpc) is 2.36. The van der Waals surface area contributed by atoms with Gasteiger partial charge in [-0.3, -0.25) is 0 Å². The first-order valence-electron chi connectivity index (χ1n) is 8.14. The van der Waals surface area contributed by atoms with Crippen molar-refractivity contribution in [3.05, 3.63) is 0 Å². The second-order valence-electron chi connectivity index (χ2n) is 1.90. The van der Waals surface area contributed by atoms with Crippen LogP contribution in [0.2, 0.25) is 0 Å². The number of hydrogen-bond donors (Lipinski definition) is 2. The Balaban J connectivity index is 0. The predicted molar refractivity (Wildman–Crippen MR) is 44.4 cm³/mol. The summed E-state index contributed by atoms with van der Waals surface area (Å²) in [4.78, 5) is 17.9. The fourth-order valence-electron chi connectivity index (χ4n) is 0.332. The third-order valence-corrected chi connectivity index (χ3v) is 0.914. The number of carboxylic acid groups (broad SMARTS) is 2. The van der Waals surface area contributed by atoms with Gasteiger partial charge in [-0.25, -0.2) is 0 Å². The Morgan fingerprint density at radius 3 is 1.60 bits per heavy atom. The summed E-state index contributed by atoms with van der Waals surface area (Å²) in [6, 6.07) is -6.34. The molecule has 0 aliphatic heterocycles. The number of carbonyl (C=O) groups excluding carboxylic acids is 2. The van der Waals surface area contributed by atoms with Gasteiger partial charge in [0, 0.05) is 25.7 Å². The molecule has 0 unspecified atom stereocenters. The first-order valence-corrected chi connectivity index (χ1v) is 3.14. The minimum Gasteiger partial charge on any atom is -0.543 e. The van der Waals surface area contributed by atoms with Gasteiger partial charge in [0.2, 0.25) is 0 Å². The van der Waals surface area contributed by atoms with E-state index >= 15 is 0 Å². The van der Waals surface area contributed by atoms with Gasteiger partial charge in [-0.15, -0.1) is 0 Å². The molecular weight excluding hydrogens is 383 g/mol. The number of hydrogen-bond acceptors (Lipinski definition) is 6. The van der Waals surface area contributed by atoms with Crippen LogP contribution in [0.1, 0.15) is 39.2 Å². The van der Waals surface area contributed by atoms with E-state index in [9.17, 15) is 0 Å². The second-order valence-corrected chi connectivity index (χ2v) is 1.90. The summed E-state index contributed by atoms with van der Waals surface area (Å²) in [7, 11) is 0. The Morgan fingerprint density at radius 2 is 1.40 bits per heavy atom. The Morgan fingerprint density at radius 1 is 1.13 bits per heavy atom. The third-order valence-electron chi connectivity index (χ3n) is 0.914. The first-order chi connectivity index (χ1) is 10.1. The van der Waals surface area contributed by atoms with E-state index in [2.05, 4.69) is 0 Å². The normalized spacial score (nSPS) is 57.2. The first kappa shape index (κ1) is 5.25. The van der Waals surface area contributed by atoms with Crippen LogP contribution in [0.5, 0.6) is 0 Å². The number of carboxylic acids is 2. The summed E-state index contributed by atoms with van der Waals surface area (Å²) in [5.74, 6) is -4.37. The molecule has 6 nitrogen and oxygen atoms in total. The SMILES string of the molecule is O=C([O-])C(=O)[O-].[2H]C1([2H])C([2H])([2H])C([2H])([2H])[C@@]([2H])(N)[C@]([2H])(N)C1([2H])[2H].[Pt+4]. The molecule has 0 aromatic heterocycles. The quantitative estimate of drug-likeness (QED) is 0.405. The Labute approximate surface area is 116 Å². The van der Waals surface area contributed by atoms with E-state index in [1.54, 1.807) is 0 Å². The zero-order valence-corrected chi connectivity index (χ0v) is 9.38. The molecule has 1 fully saturated rings. The van der Waals surface area contributed by atoms with Crippen molar-refractivity contribution < 1.29 is 54.6 Å². The van der Waals surface area contributed by atoms with E-state index in [4.69, 9.17) is 45.0 Å². The Kier molecular flexibility index (Phi) is 3.09. The van der Waals surface area contributed by atoms with Crippen molar-refractivity contribution in [3.8, 4) is 0 Å². The van der Waals surface area contributed by atoms with Crippen molar-refractivity contribution in [2.75, 3.05) is 0 Å². The van der Waals surface area contributed by atoms with E-state index in [-0.39, 0.29) is 21.1 Å². The average molecular weight is 407 g/mol. The van der Waals surface area contributed by atoms with Crippen LogP contribution >= 0.6 is 0 Å². The molecule has 1 aliphatic carbocycles. The number of aliphatic carboxylic acids is 2. The standard InChI is InChI=1S/C6H14N2.C2H2O4.Pt/c7-5-3-1-2-4-6(5)8;3-1(4)2(5)6;/h5-6H,1-4,7-8H2;(H,3,4)(H,5,6);/q;;+4/p-2/t5-,6-;;/m1../s1/i1D2,2D2,3D2,4D2,5D,6D;;. The van der Waals surface area contributed by atoms with E-state index in [1.165, 1.54) is 0 Å². The fraction of sp³-hybridized carbons (Fsp3) is 0.750. The molecule has 0 amide bonds. The summed E-state index contributed by atoms with van der Waals surface area (Å²) in [5, 5.41) is 17.9. The van der Waals surface area contributed by atoms with Gasteiger partial charge >= 0.3 is 21.1 Å². The zero-order valence-electron chi connectivity index (χ0n) is 17.1. The van der Waals surface area contributed by atoms with E-state index in [0.29, 0.717) is 0 Å². The van der Waals surface area contributed by atoms with Crippen LogP contribution in [0.3, 0.4) is 0 Å². The third kappa shape index (κ3) is 8.54. The van der Waals surface area contributed by atoms with Crippen molar-refractivity contribution in [3.63, 3.8) is 0 Å². The molecule has 0 radical (unpaired) electrons. The predicted octanol–water partition coefficient (Wildman–Crippen LogP) is -3.30. The van der Waals surface area contributed by atoms with Crippen LogP contribution in [0.25, 0.3) is 0 Å². The van der Waals surface area contributed by atoms with E-state index in [1.807, 2.05) is 0 Å². The van der Waals surface area contributed by atoms with E-state index in [0.717, 1.165) is 0 Å². The minimum absolute atomic E-state index is 0. The van der Waals surface area contributed by atoms with Crippen molar-refractivity contribution in [2.45, 2.75) is 37.5 Å². The second kappa shape index (κ2) is 8.82. The van der Waals surface area contributed by atoms with Gasteiger partial charge in [0.05, 0.1) is 11.9 Å². The number of nitrogens with two attached hydrogens (primary N) is 2. The summed E-state index contributed by atoms with van der Waals surface area (Å²) in [5.41, 5.74) is 10.5. The topological polar surface area (TPSA) is 132 Å². The summed E-state index contributed by atoms with van der Waals surface area (Å²) in [6.45, 7) is 0. The van der Waals surface area contributed by atoms with Crippen LogP contribution < -0.4 is 21.7 Å². The van der Waals surface area contributed by atoms with Crippen molar-refractivity contribution in [1.82, 2.24) is 0 Å². The molecule has 2 atom stereocenters. The summed E-state index contributed by atoms with van der Waals surface area (Å²) in [6.07, 6.45) is -13.6. The van der Waals surface area contributed by atoms with Gasteiger partial charge in [-0.05, 0) is 12.7 Å². The molecule has 0 spiro atoms. The van der Waals surface area contributed by atoms with Crippen LogP contribution in [0.4, 0.5) is 0 Å². The zero-order chi connectivity index (χ0) is 20.2. The van der Waals surface area contributed by atoms with Crippen LogP contribution in [0.15, 0.2) is 0 Å². The monoisotopic (exact) mass is 407 g/mol. The van der Waals surface area contributed by atoms with Crippen molar-refractivity contribution >= 4 is 11.9 Å². The molecule has 4 N–H and O–H groups in total. The molecule has 15 heavy (non-hydrogen) atoms. The maximum atomic E-state index is 8.93. The number of rotatable bonds is 0. The van der Waals surface area contributed by atoms with Crippen molar-refractivity contribution in [1.29, 1.82) is 0 Å². The molecule has 0 aromatic rings. The summed E-state index contributed by atoms with van der Waals surface area (Å²) >= 11 is 0. The largest absolute Gasteiger partial charge is 4.00 e. The Hall–Kier alpha value is -0.452. The molecule has 1 rings (SSSR count). The Bertz CT molecular complexity index is 424. The van der Waals surface area contributed by atoms with Crippen LogP contribution in [0, 0.1) is 0 Å². The fourth-order valence-corrected chi connectivity index (χ4v) is 0.332. The minimum atomic E-state index is -3.43. The maximum Gasteiger partial charge on any atom is 4.00 e. The molecule has 0 saturated heterocycles. The molecule has 7 heteroatoms. The molecule has 1 saturated carbocycles. The molecular formula is C8H14N2O4Pt+2. The van der Waals surface area contributed by atoms with Gasteiger partial charge in [-0.2, -0.15) is 0 Å². The maximum absolute atomic E-state index is 8.93. The van der Waals surface area contributed by atoms with Gasteiger partial charge in [-0.1, -0.05) is 12.7 Å². The van der Waals surface area contributed by atoms with Gasteiger partial charge in [0.15, 0.2) is 0 Å². The number of carbonyl (C=O) groups is 2. The van der Waals surface area contributed by atoms with Crippen LogP contribution in [-0.2, 0) is 30.7 Å². The van der Waals surface area contributed by atoms with Gasteiger partial charge in [0.25, 0.3) is 0 Å². The smallest absolute Gasteiger partial charge is 0.543 e.